The Hall–Kier alpha value is -1.70. The molecule has 1 amide bonds. The molecule has 1 N–H and O–H groups in total. The van der Waals surface area contributed by atoms with Crippen molar-refractivity contribution >= 4 is 40.8 Å². The van der Waals surface area contributed by atoms with Gasteiger partial charge in [-0.1, -0.05) is 50.3 Å². The maximum atomic E-state index is 11.2. The zero-order valence-corrected chi connectivity index (χ0v) is 15.2. The van der Waals surface area contributed by atoms with E-state index in [1.54, 1.807) is 31.2 Å². The van der Waals surface area contributed by atoms with E-state index in [1.807, 2.05) is 20.8 Å². The molecule has 0 aromatic heterocycles. The topological polar surface area (TPSA) is 55.4 Å². The summed E-state index contributed by atoms with van der Waals surface area (Å²) in [6, 6.07) is 6.76. The smallest absolute Gasteiger partial charge is 0.412 e. The van der Waals surface area contributed by atoms with E-state index in [4.69, 9.17) is 27.9 Å². The zero-order chi connectivity index (χ0) is 17.9. The Balaban J connectivity index is 0.000000585. The summed E-state index contributed by atoms with van der Waals surface area (Å²) in [6.45, 7) is 7.36. The quantitative estimate of drug-likeness (QED) is 0.613. The monoisotopic (exact) mass is 357 g/mol. The first kappa shape index (κ1) is 21.3. The van der Waals surface area contributed by atoms with E-state index in [-0.39, 0.29) is 23.7 Å². The van der Waals surface area contributed by atoms with Crippen LogP contribution in [0.4, 0.5) is 10.5 Å². The van der Waals surface area contributed by atoms with Gasteiger partial charge in [-0.2, -0.15) is 0 Å². The summed E-state index contributed by atoms with van der Waals surface area (Å²) in [7, 11) is 0. The van der Waals surface area contributed by atoms with Gasteiger partial charge in [-0.15, -0.1) is 11.6 Å². The molecule has 0 saturated heterocycles. The molecule has 0 atom stereocenters. The van der Waals surface area contributed by atoms with Crippen LogP contribution in [0.25, 0.3) is 0 Å². The number of ether oxygens (including phenoxy) is 1. The molecule has 23 heavy (non-hydrogen) atoms. The summed E-state index contributed by atoms with van der Waals surface area (Å²) in [5, 5.41) is 3.05. The molecule has 0 aliphatic carbocycles. The number of alkyl halides is 1. The van der Waals surface area contributed by atoms with Gasteiger partial charge in [-0.25, -0.2) is 4.79 Å². The maximum absolute atomic E-state index is 11.2. The van der Waals surface area contributed by atoms with E-state index in [9.17, 15) is 9.59 Å². The highest BCUT2D eigenvalue weighted by Crippen LogP contribution is 2.14. The van der Waals surface area contributed by atoms with E-state index in [2.05, 4.69) is 17.2 Å². The lowest BCUT2D eigenvalue weighted by molar-refractivity contribution is -0.124. The van der Waals surface area contributed by atoms with Crippen molar-refractivity contribution in [2.45, 2.75) is 27.7 Å². The Labute approximate surface area is 147 Å². The number of halogens is 2. The zero-order valence-electron chi connectivity index (χ0n) is 13.7. The van der Waals surface area contributed by atoms with Crippen LogP contribution in [0.5, 0.6) is 0 Å². The molecule has 0 aliphatic heterocycles. The van der Waals surface area contributed by atoms with Crippen molar-refractivity contribution in [3.8, 4) is 11.8 Å². The minimum Gasteiger partial charge on any atom is -0.436 e. The Morgan fingerprint density at radius 2 is 1.87 bits per heavy atom. The van der Waals surface area contributed by atoms with Crippen LogP contribution in [0.1, 0.15) is 27.7 Å². The van der Waals surface area contributed by atoms with Crippen molar-refractivity contribution in [2.24, 2.45) is 5.41 Å². The number of ketones is 1. The first-order chi connectivity index (χ1) is 10.7. The van der Waals surface area contributed by atoms with Crippen LogP contribution in [0, 0.1) is 17.3 Å². The predicted octanol–water partition coefficient (Wildman–Crippen LogP) is 4.75. The number of rotatable bonds is 2. The SMILES string of the molecule is CC(=O)C(C)(C)C.O=C(Nc1cccc(Cl)c1)OCC#CCCl. The third kappa shape index (κ3) is 11.5. The summed E-state index contributed by atoms with van der Waals surface area (Å²) in [5.74, 6) is 5.60. The Morgan fingerprint density at radius 3 is 2.35 bits per heavy atom. The molecule has 1 aromatic carbocycles. The summed E-state index contributed by atoms with van der Waals surface area (Å²) >= 11 is 11.1. The fraction of sp³-hybridized carbons (Fsp3) is 0.412. The van der Waals surface area contributed by atoms with Crippen molar-refractivity contribution in [3.05, 3.63) is 29.3 Å². The molecule has 126 valence electrons. The Bertz CT molecular complexity index is 583. The van der Waals surface area contributed by atoms with Gasteiger partial charge in [0.15, 0.2) is 6.61 Å². The molecule has 6 heteroatoms. The molecule has 1 aromatic rings. The molecule has 0 spiro atoms. The number of hydrogen-bond acceptors (Lipinski definition) is 3. The minimum atomic E-state index is -0.578. The Kier molecular flexibility index (Phi) is 10.1. The number of benzene rings is 1. The summed E-state index contributed by atoms with van der Waals surface area (Å²) in [6.07, 6.45) is -0.578. The van der Waals surface area contributed by atoms with E-state index >= 15 is 0 Å². The van der Waals surface area contributed by atoms with Crippen LogP contribution >= 0.6 is 23.2 Å². The van der Waals surface area contributed by atoms with Gasteiger partial charge in [0.05, 0.1) is 5.88 Å². The first-order valence-electron chi connectivity index (χ1n) is 6.89. The number of hydrogen-bond donors (Lipinski definition) is 1. The minimum absolute atomic E-state index is 0.0130. The second-order valence-electron chi connectivity index (χ2n) is 5.50. The highest BCUT2D eigenvalue weighted by Gasteiger charge is 2.14. The number of carbonyl (C=O) groups is 2. The predicted molar refractivity (Wildman–Crippen MR) is 95.1 cm³/mol. The largest absolute Gasteiger partial charge is 0.436 e. The van der Waals surface area contributed by atoms with Crippen molar-refractivity contribution in [1.82, 2.24) is 0 Å². The number of amides is 1. The summed E-state index contributed by atoms with van der Waals surface area (Å²) in [5.41, 5.74) is 0.433. The normalized spacial score (nSPS) is 9.65. The molecule has 0 fully saturated rings. The van der Waals surface area contributed by atoms with Gasteiger partial charge < -0.3 is 4.74 Å². The third-order valence-electron chi connectivity index (χ3n) is 2.59. The number of carbonyl (C=O) groups excluding carboxylic acids is 2. The van der Waals surface area contributed by atoms with Crippen LogP contribution in [0.15, 0.2) is 24.3 Å². The molecular formula is C17H21Cl2NO3. The Morgan fingerprint density at radius 1 is 1.26 bits per heavy atom. The number of Topliss-reactive ketones (excluding diaryl/α,β-unsaturated/α-hetero) is 1. The molecule has 0 aliphatic rings. The lowest BCUT2D eigenvalue weighted by atomic mass is 9.92. The molecule has 4 nitrogen and oxygen atoms in total. The summed E-state index contributed by atoms with van der Waals surface area (Å²) < 4.78 is 4.76. The van der Waals surface area contributed by atoms with E-state index in [0.717, 1.165) is 0 Å². The van der Waals surface area contributed by atoms with Crippen LogP contribution in [-0.4, -0.2) is 24.4 Å². The maximum Gasteiger partial charge on any atom is 0.412 e. The van der Waals surface area contributed by atoms with Crippen LogP contribution in [0.2, 0.25) is 5.02 Å². The van der Waals surface area contributed by atoms with Gasteiger partial charge in [0.2, 0.25) is 0 Å². The second kappa shape index (κ2) is 10.9. The van der Waals surface area contributed by atoms with Crippen molar-refractivity contribution in [3.63, 3.8) is 0 Å². The molecular weight excluding hydrogens is 337 g/mol. The molecule has 0 saturated carbocycles. The number of nitrogens with one attached hydrogen (secondary N) is 1. The molecule has 0 radical (unpaired) electrons. The molecule has 0 bridgehead atoms. The van der Waals surface area contributed by atoms with Crippen molar-refractivity contribution in [1.29, 1.82) is 0 Å². The van der Waals surface area contributed by atoms with Crippen molar-refractivity contribution < 1.29 is 14.3 Å². The average Bonchev–Trinajstić information content (AvgIpc) is 2.43. The molecule has 0 heterocycles. The lowest BCUT2D eigenvalue weighted by Gasteiger charge is -2.11. The fourth-order valence-corrected chi connectivity index (χ4v) is 1.20. The lowest BCUT2D eigenvalue weighted by Crippen LogP contribution is -2.15. The molecule has 0 unspecified atom stereocenters. The van der Waals surface area contributed by atoms with Gasteiger partial charge in [0.1, 0.15) is 5.78 Å². The molecule has 1 rings (SSSR count). The number of anilines is 1. The van der Waals surface area contributed by atoms with Gasteiger partial charge >= 0.3 is 6.09 Å². The van der Waals surface area contributed by atoms with Crippen molar-refractivity contribution in [2.75, 3.05) is 17.8 Å². The van der Waals surface area contributed by atoms with Gasteiger partial charge in [-0.3, -0.25) is 10.1 Å². The van der Waals surface area contributed by atoms with E-state index in [1.165, 1.54) is 0 Å². The van der Waals surface area contributed by atoms with Gasteiger partial charge in [0.25, 0.3) is 0 Å². The fourth-order valence-electron chi connectivity index (χ4n) is 0.920. The van der Waals surface area contributed by atoms with Crippen LogP contribution in [-0.2, 0) is 9.53 Å². The second-order valence-corrected chi connectivity index (χ2v) is 6.21. The average molecular weight is 358 g/mol. The highest BCUT2D eigenvalue weighted by molar-refractivity contribution is 6.30. The van der Waals surface area contributed by atoms with Gasteiger partial charge in [0, 0.05) is 16.1 Å². The third-order valence-corrected chi connectivity index (χ3v) is 2.96. The van der Waals surface area contributed by atoms with E-state index in [0.29, 0.717) is 10.7 Å². The first-order valence-corrected chi connectivity index (χ1v) is 7.80. The standard InChI is InChI=1S/C11H9Cl2NO2.C6H12O/c12-6-1-2-7-16-11(15)14-10-5-3-4-9(13)8-10;1-5(7)6(2,3)4/h3-5,8H,6-7H2,(H,14,15);1-4H3. The highest BCUT2D eigenvalue weighted by atomic mass is 35.5. The van der Waals surface area contributed by atoms with Gasteiger partial charge in [-0.05, 0) is 25.1 Å². The van der Waals surface area contributed by atoms with E-state index < -0.39 is 6.09 Å². The van der Waals surface area contributed by atoms with Crippen LogP contribution < -0.4 is 5.32 Å². The van der Waals surface area contributed by atoms with Crippen LogP contribution in [0.3, 0.4) is 0 Å². The summed E-state index contributed by atoms with van der Waals surface area (Å²) in [4.78, 5) is 21.7.